The molecule has 0 saturated carbocycles. The zero-order chi connectivity index (χ0) is 19.9. The van der Waals surface area contributed by atoms with E-state index in [1.807, 2.05) is 18.2 Å². The number of rotatable bonds is 9. The number of hydrogen-bond donors (Lipinski definition) is 2. The second kappa shape index (κ2) is 9.50. The van der Waals surface area contributed by atoms with E-state index in [0.29, 0.717) is 23.2 Å². The number of benzene rings is 1. The van der Waals surface area contributed by atoms with Gasteiger partial charge in [-0.25, -0.2) is 4.98 Å². The van der Waals surface area contributed by atoms with E-state index in [4.69, 9.17) is 9.72 Å². The van der Waals surface area contributed by atoms with Crippen LogP contribution >= 0.6 is 11.3 Å². The van der Waals surface area contributed by atoms with Gasteiger partial charge < -0.3 is 15.4 Å². The third-order valence-corrected chi connectivity index (χ3v) is 5.34. The van der Waals surface area contributed by atoms with Crippen molar-refractivity contribution in [1.29, 1.82) is 0 Å². The molecular formula is C21H26N4O2S. The molecule has 0 bridgehead atoms. The van der Waals surface area contributed by atoms with E-state index in [9.17, 15) is 4.79 Å². The molecule has 0 aliphatic rings. The molecule has 0 fully saturated rings. The second-order valence-electron chi connectivity index (χ2n) is 6.63. The summed E-state index contributed by atoms with van der Waals surface area (Å²) in [5.74, 6) is 1.03. The van der Waals surface area contributed by atoms with Gasteiger partial charge in [0.15, 0.2) is 5.13 Å². The molecule has 1 aromatic carbocycles. The lowest BCUT2D eigenvalue weighted by atomic mass is 10.1. The molecule has 3 aromatic rings. The largest absolute Gasteiger partial charge is 0.457 e. The van der Waals surface area contributed by atoms with Crippen molar-refractivity contribution in [3.8, 4) is 11.5 Å². The molecular weight excluding hydrogens is 372 g/mol. The Labute approximate surface area is 169 Å². The number of nitrogens with one attached hydrogen (secondary N) is 2. The Kier molecular flexibility index (Phi) is 6.81. The SMILES string of the molecule is CCCC(CCC)Nc1nc2ccc(Oc3ccnc(C(=O)NC)c3)cc2s1. The average molecular weight is 399 g/mol. The van der Waals surface area contributed by atoms with Crippen LogP contribution in [0.5, 0.6) is 11.5 Å². The quantitative estimate of drug-likeness (QED) is 0.516. The Bertz CT molecular complexity index is 935. The van der Waals surface area contributed by atoms with E-state index >= 15 is 0 Å². The fraction of sp³-hybridized carbons (Fsp3) is 0.381. The van der Waals surface area contributed by atoms with Crippen molar-refractivity contribution in [1.82, 2.24) is 15.3 Å². The second-order valence-corrected chi connectivity index (χ2v) is 7.66. The van der Waals surface area contributed by atoms with Gasteiger partial charge in [-0.05, 0) is 31.0 Å². The molecule has 2 N–H and O–H groups in total. The van der Waals surface area contributed by atoms with Crippen molar-refractivity contribution in [2.24, 2.45) is 0 Å². The Morgan fingerprint density at radius 2 is 1.89 bits per heavy atom. The first-order valence-electron chi connectivity index (χ1n) is 9.66. The summed E-state index contributed by atoms with van der Waals surface area (Å²) >= 11 is 1.64. The number of ether oxygens (including phenoxy) is 1. The Balaban J connectivity index is 1.76. The van der Waals surface area contributed by atoms with Crippen LogP contribution in [0.2, 0.25) is 0 Å². The highest BCUT2D eigenvalue weighted by atomic mass is 32.1. The van der Waals surface area contributed by atoms with E-state index in [2.05, 4.69) is 29.5 Å². The van der Waals surface area contributed by atoms with Gasteiger partial charge in [0.2, 0.25) is 0 Å². The van der Waals surface area contributed by atoms with Gasteiger partial charge in [-0.15, -0.1) is 0 Å². The smallest absolute Gasteiger partial charge is 0.269 e. The van der Waals surface area contributed by atoms with Gasteiger partial charge in [0.1, 0.15) is 17.2 Å². The summed E-state index contributed by atoms with van der Waals surface area (Å²) in [4.78, 5) is 20.5. The van der Waals surface area contributed by atoms with Gasteiger partial charge in [-0.1, -0.05) is 38.0 Å². The number of aromatic nitrogens is 2. The lowest BCUT2D eigenvalue weighted by molar-refractivity contribution is 0.0958. The van der Waals surface area contributed by atoms with E-state index < -0.39 is 0 Å². The molecule has 0 aliphatic carbocycles. The highest BCUT2D eigenvalue weighted by molar-refractivity contribution is 7.22. The number of amides is 1. The third-order valence-electron chi connectivity index (χ3n) is 4.39. The van der Waals surface area contributed by atoms with Gasteiger partial charge in [0.25, 0.3) is 5.91 Å². The number of carbonyl (C=O) groups excluding carboxylic acids is 1. The number of fused-ring (bicyclic) bond motifs is 1. The Morgan fingerprint density at radius 1 is 1.14 bits per heavy atom. The van der Waals surface area contributed by atoms with Crippen LogP contribution in [0.4, 0.5) is 5.13 Å². The zero-order valence-electron chi connectivity index (χ0n) is 16.5. The molecule has 7 heteroatoms. The molecule has 0 spiro atoms. The molecule has 28 heavy (non-hydrogen) atoms. The Morgan fingerprint density at radius 3 is 2.61 bits per heavy atom. The molecule has 0 unspecified atom stereocenters. The summed E-state index contributed by atoms with van der Waals surface area (Å²) in [6, 6.07) is 9.65. The molecule has 0 atom stereocenters. The van der Waals surface area contributed by atoms with Crippen molar-refractivity contribution >= 4 is 32.6 Å². The van der Waals surface area contributed by atoms with Crippen LogP contribution in [0.1, 0.15) is 50.0 Å². The summed E-state index contributed by atoms with van der Waals surface area (Å²) in [6.45, 7) is 4.42. The van der Waals surface area contributed by atoms with E-state index in [1.54, 1.807) is 36.7 Å². The monoisotopic (exact) mass is 398 g/mol. The maximum Gasteiger partial charge on any atom is 0.269 e. The first-order chi connectivity index (χ1) is 13.6. The number of carbonyl (C=O) groups is 1. The van der Waals surface area contributed by atoms with Gasteiger partial charge in [0.05, 0.1) is 10.2 Å². The lowest BCUT2D eigenvalue weighted by Crippen LogP contribution is -2.18. The van der Waals surface area contributed by atoms with Gasteiger partial charge in [-0.3, -0.25) is 9.78 Å². The van der Waals surface area contributed by atoms with Gasteiger partial charge in [-0.2, -0.15) is 0 Å². The van der Waals surface area contributed by atoms with Crippen molar-refractivity contribution in [2.75, 3.05) is 12.4 Å². The van der Waals surface area contributed by atoms with E-state index in [1.165, 1.54) is 0 Å². The minimum Gasteiger partial charge on any atom is -0.457 e. The fourth-order valence-electron chi connectivity index (χ4n) is 3.05. The number of anilines is 1. The third kappa shape index (κ3) is 4.98. The van der Waals surface area contributed by atoms with Gasteiger partial charge in [0, 0.05) is 31.4 Å². The van der Waals surface area contributed by atoms with Gasteiger partial charge >= 0.3 is 0 Å². The van der Waals surface area contributed by atoms with E-state index in [-0.39, 0.29) is 5.91 Å². The molecule has 0 radical (unpaired) electrons. The highest BCUT2D eigenvalue weighted by Gasteiger charge is 2.12. The topological polar surface area (TPSA) is 76.1 Å². The highest BCUT2D eigenvalue weighted by Crippen LogP contribution is 2.32. The van der Waals surface area contributed by atoms with Crippen LogP contribution in [0, 0.1) is 0 Å². The molecule has 2 heterocycles. The predicted octanol–water partition coefficient (Wildman–Crippen LogP) is 5.22. The molecule has 6 nitrogen and oxygen atoms in total. The number of nitrogens with zero attached hydrogens (tertiary/aromatic N) is 2. The standard InChI is InChI=1S/C21H26N4O2S/c1-4-6-14(7-5-2)24-21-25-17-9-8-15(13-19(17)28-21)27-16-10-11-23-18(12-16)20(26)22-3/h8-14H,4-7H2,1-3H3,(H,22,26)(H,24,25). The van der Waals surface area contributed by atoms with Crippen LogP contribution in [-0.2, 0) is 0 Å². The van der Waals surface area contributed by atoms with Crippen LogP contribution in [0.15, 0.2) is 36.5 Å². The van der Waals surface area contributed by atoms with Crippen LogP contribution in [0.3, 0.4) is 0 Å². The molecule has 3 rings (SSSR count). The van der Waals surface area contributed by atoms with Crippen LogP contribution in [-0.4, -0.2) is 29.0 Å². The molecule has 0 aliphatic heterocycles. The first-order valence-corrected chi connectivity index (χ1v) is 10.5. The molecule has 2 aromatic heterocycles. The summed E-state index contributed by atoms with van der Waals surface area (Å²) in [6.07, 6.45) is 6.17. The number of thiazole rings is 1. The first kappa shape index (κ1) is 20.1. The molecule has 0 saturated heterocycles. The lowest BCUT2D eigenvalue weighted by Gasteiger charge is -2.16. The van der Waals surface area contributed by atoms with Crippen LogP contribution in [0.25, 0.3) is 10.2 Å². The van der Waals surface area contributed by atoms with Crippen molar-refractivity contribution < 1.29 is 9.53 Å². The molecule has 1 amide bonds. The molecule has 148 valence electrons. The van der Waals surface area contributed by atoms with E-state index in [0.717, 1.165) is 41.0 Å². The van der Waals surface area contributed by atoms with Crippen molar-refractivity contribution in [3.05, 3.63) is 42.2 Å². The van der Waals surface area contributed by atoms with Crippen LogP contribution < -0.4 is 15.4 Å². The number of hydrogen-bond acceptors (Lipinski definition) is 6. The summed E-state index contributed by atoms with van der Waals surface area (Å²) < 4.78 is 6.99. The predicted molar refractivity (Wildman–Crippen MR) is 115 cm³/mol. The Hall–Kier alpha value is -2.67. The fourth-order valence-corrected chi connectivity index (χ4v) is 4.02. The maximum absolute atomic E-state index is 11.7. The minimum absolute atomic E-state index is 0.243. The van der Waals surface area contributed by atoms with Crippen molar-refractivity contribution in [3.63, 3.8) is 0 Å². The summed E-state index contributed by atoms with van der Waals surface area (Å²) in [7, 11) is 1.58. The maximum atomic E-state index is 11.7. The zero-order valence-corrected chi connectivity index (χ0v) is 17.3. The number of pyridine rings is 1. The summed E-state index contributed by atoms with van der Waals surface area (Å²) in [5.41, 5.74) is 1.27. The average Bonchev–Trinajstić information content (AvgIpc) is 3.09. The minimum atomic E-state index is -0.243. The van der Waals surface area contributed by atoms with Crippen molar-refractivity contribution in [2.45, 2.75) is 45.6 Å². The summed E-state index contributed by atoms with van der Waals surface area (Å²) in [5, 5.41) is 7.09. The normalized spacial score (nSPS) is 11.0.